The van der Waals surface area contributed by atoms with Crippen LogP contribution in [0.3, 0.4) is 0 Å². The minimum atomic E-state index is -4.21. The SMILES string of the molecule is C=C(c1ccccc1)[C@@]12CC[C@@H](O)[C@@H]1CC(CCCCCCCCCOP(=O)([O-])OCC[N+](C)(C)C)=C2c1ccccc1. The van der Waals surface area contributed by atoms with E-state index in [-0.39, 0.29) is 30.7 Å². The predicted octanol–water partition coefficient (Wildman–Crippen LogP) is 7.64. The lowest BCUT2D eigenvalue weighted by molar-refractivity contribution is -0.870. The molecule has 0 bridgehead atoms. The van der Waals surface area contributed by atoms with Crippen molar-refractivity contribution < 1.29 is 28.1 Å². The van der Waals surface area contributed by atoms with Crippen molar-refractivity contribution in [2.75, 3.05) is 40.9 Å². The van der Waals surface area contributed by atoms with E-state index in [9.17, 15) is 14.6 Å². The molecule has 1 N–H and O–H groups in total. The van der Waals surface area contributed by atoms with Gasteiger partial charge in [-0.3, -0.25) is 4.57 Å². The number of fused-ring (bicyclic) bond motifs is 1. The number of aliphatic hydroxyl groups excluding tert-OH is 1. The number of aliphatic hydroxyl groups is 1. The quantitative estimate of drug-likeness (QED) is 0.107. The van der Waals surface area contributed by atoms with Crippen molar-refractivity contribution in [1.29, 1.82) is 0 Å². The molecule has 0 heterocycles. The smallest absolute Gasteiger partial charge is 0.268 e. The van der Waals surface area contributed by atoms with Gasteiger partial charge in [0.25, 0.3) is 7.82 Å². The Morgan fingerprint density at radius 2 is 1.51 bits per heavy atom. The lowest BCUT2D eigenvalue weighted by Gasteiger charge is -2.37. The monoisotopic (exact) mass is 609 g/mol. The standard InChI is InChI=1S/C36H52NO5P/c1-29(30-18-13-10-14-19-30)36-24-23-34(38)33(36)28-32(35(36)31-20-15-11-16-21-31)22-12-8-6-5-7-9-17-26-41-43(39,40)42-27-25-37(2,3)4/h10-11,13-16,18-21,33-34,38H,1,5-9,12,17,22-28H2,2-4H3/t33-,34+,36-/m0/s1. The van der Waals surface area contributed by atoms with Crippen LogP contribution < -0.4 is 4.89 Å². The molecule has 2 aliphatic rings. The Balaban J connectivity index is 1.26. The molecule has 0 spiro atoms. The van der Waals surface area contributed by atoms with Crippen LogP contribution in [0.5, 0.6) is 0 Å². The fourth-order valence-electron chi connectivity index (χ4n) is 7.07. The van der Waals surface area contributed by atoms with Gasteiger partial charge >= 0.3 is 0 Å². The van der Waals surface area contributed by atoms with Gasteiger partial charge in [0, 0.05) is 11.3 Å². The largest absolute Gasteiger partial charge is 0.756 e. The summed E-state index contributed by atoms with van der Waals surface area (Å²) in [6.45, 7) is 5.60. The fraction of sp³-hybridized carbons (Fsp3) is 0.556. The summed E-state index contributed by atoms with van der Waals surface area (Å²) in [4.78, 5) is 11.9. The molecule has 236 valence electrons. The summed E-state index contributed by atoms with van der Waals surface area (Å²) in [5.41, 5.74) is 6.29. The second kappa shape index (κ2) is 15.3. The second-order valence-electron chi connectivity index (χ2n) is 13.4. The summed E-state index contributed by atoms with van der Waals surface area (Å²) in [6, 6.07) is 21.3. The molecule has 6 nitrogen and oxygen atoms in total. The highest BCUT2D eigenvalue weighted by Crippen LogP contribution is 2.66. The molecule has 4 atom stereocenters. The first-order valence-electron chi connectivity index (χ1n) is 16.1. The molecule has 0 aliphatic heterocycles. The van der Waals surface area contributed by atoms with Crippen molar-refractivity contribution in [3.05, 3.63) is 83.9 Å². The number of benzene rings is 2. The number of phosphoric acid groups is 1. The van der Waals surface area contributed by atoms with Crippen LogP contribution in [0.1, 0.15) is 81.8 Å². The Morgan fingerprint density at radius 1 is 0.930 bits per heavy atom. The Bertz CT molecular complexity index is 1260. The third-order valence-electron chi connectivity index (χ3n) is 9.30. The molecule has 7 heteroatoms. The number of rotatable bonds is 18. The van der Waals surface area contributed by atoms with Gasteiger partial charge in [0.05, 0.1) is 33.9 Å². The zero-order valence-corrected chi connectivity index (χ0v) is 27.4. The molecule has 2 aromatic carbocycles. The Morgan fingerprint density at radius 3 is 2.16 bits per heavy atom. The van der Waals surface area contributed by atoms with Gasteiger partial charge in [0.15, 0.2) is 0 Å². The van der Waals surface area contributed by atoms with Crippen LogP contribution in [0.25, 0.3) is 11.1 Å². The van der Waals surface area contributed by atoms with Crippen LogP contribution in [-0.2, 0) is 13.6 Å². The summed E-state index contributed by atoms with van der Waals surface area (Å²) in [5, 5.41) is 11.2. The molecule has 4 rings (SSSR count). The Labute approximate surface area is 259 Å². The van der Waals surface area contributed by atoms with E-state index in [2.05, 4.69) is 61.2 Å². The van der Waals surface area contributed by atoms with Gasteiger partial charge in [-0.15, -0.1) is 0 Å². The minimum absolute atomic E-state index is 0.137. The van der Waals surface area contributed by atoms with E-state index in [0.29, 0.717) is 11.0 Å². The van der Waals surface area contributed by atoms with E-state index >= 15 is 0 Å². The van der Waals surface area contributed by atoms with Gasteiger partial charge in [0.1, 0.15) is 13.2 Å². The van der Waals surface area contributed by atoms with E-state index in [1.807, 2.05) is 27.2 Å². The van der Waals surface area contributed by atoms with Crippen molar-refractivity contribution >= 4 is 19.0 Å². The van der Waals surface area contributed by atoms with Crippen molar-refractivity contribution in [3.63, 3.8) is 0 Å². The van der Waals surface area contributed by atoms with E-state index in [1.165, 1.54) is 22.3 Å². The first kappa shape index (κ1) is 33.8. The molecule has 2 aliphatic carbocycles. The molecule has 0 amide bonds. The van der Waals surface area contributed by atoms with Crippen LogP contribution in [0.15, 0.2) is 72.8 Å². The molecule has 1 fully saturated rings. The fourth-order valence-corrected chi connectivity index (χ4v) is 7.81. The average molecular weight is 610 g/mol. The van der Waals surface area contributed by atoms with Crippen LogP contribution in [0, 0.1) is 11.3 Å². The number of allylic oxidation sites excluding steroid dienone is 3. The number of quaternary nitrogens is 1. The molecule has 1 unspecified atom stereocenters. The molecule has 0 aromatic heterocycles. The minimum Gasteiger partial charge on any atom is -0.756 e. The Hall–Kier alpha value is -2.05. The zero-order chi connectivity index (χ0) is 30.9. The number of likely N-dealkylation sites (N-methyl/N-ethyl adjacent to an activating group) is 1. The van der Waals surface area contributed by atoms with Gasteiger partial charge < -0.3 is 23.5 Å². The van der Waals surface area contributed by atoms with Crippen LogP contribution >= 0.6 is 7.82 Å². The highest BCUT2D eigenvalue weighted by atomic mass is 31.2. The van der Waals surface area contributed by atoms with Crippen molar-refractivity contribution in [2.24, 2.45) is 11.3 Å². The van der Waals surface area contributed by atoms with Gasteiger partial charge in [-0.1, -0.05) is 105 Å². The van der Waals surface area contributed by atoms with Crippen LogP contribution in [0.4, 0.5) is 0 Å². The van der Waals surface area contributed by atoms with E-state index in [1.54, 1.807) is 0 Å². The molecule has 43 heavy (non-hydrogen) atoms. The molecule has 0 radical (unpaired) electrons. The maximum absolute atomic E-state index is 11.9. The zero-order valence-electron chi connectivity index (χ0n) is 26.5. The van der Waals surface area contributed by atoms with Gasteiger partial charge in [-0.2, -0.15) is 0 Å². The van der Waals surface area contributed by atoms with E-state index < -0.39 is 7.82 Å². The normalized spacial score (nSPS) is 23.4. The number of hydrogen-bond acceptors (Lipinski definition) is 5. The highest BCUT2D eigenvalue weighted by molar-refractivity contribution is 7.45. The molecule has 1 saturated carbocycles. The summed E-state index contributed by atoms with van der Waals surface area (Å²) in [6.07, 6.45) is 10.8. The molecular weight excluding hydrogens is 557 g/mol. The van der Waals surface area contributed by atoms with Crippen molar-refractivity contribution in [2.45, 2.75) is 76.7 Å². The third-order valence-corrected chi connectivity index (χ3v) is 10.3. The summed E-state index contributed by atoms with van der Waals surface area (Å²) in [7, 11) is 1.76. The van der Waals surface area contributed by atoms with Crippen molar-refractivity contribution in [1.82, 2.24) is 0 Å². The molecular formula is C36H52NO5P. The van der Waals surface area contributed by atoms with Gasteiger partial charge in [-0.05, 0) is 60.8 Å². The molecule has 0 saturated heterocycles. The third kappa shape index (κ3) is 9.00. The average Bonchev–Trinajstić information content (AvgIpc) is 3.48. The highest BCUT2D eigenvalue weighted by Gasteiger charge is 2.56. The number of unbranched alkanes of at least 4 members (excludes halogenated alkanes) is 6. The summed E-state index contributed by atoms with van der Waals surface area (Å²) in [5.74, 6) is 0.181. The first-order valence-corrected chi connectivity index (χ1v) is 17.6. The van der Waals surface area contributed by atoms with E-state index in [0.717, 1.165) is 76.2 Å². The predicted molar refractivity (Wildman–Crippen MR) is 174 cm³/mol. The lowest BCUT2D eigenvalue weighted by Crippen LogP contribution is -2.37. The topological polar surface area (TPSA) is 78.8 Å². The molecule has 2 aromatic rings. The van der Waals surface area contributed by atoms with Gasteiger partial charge in [-0.25, -0.2) is 0 Å². The first-order chi connectivity index (χ1) is 20.5. The van der Waals surface area contributed by atoms with Gasteiger partial charge in [0.2, 0.25) is 0 Å². The number of phosphoric ester groups is 1. The summed E-state index contributed by atoms with van der Waals surface area (Å²) >= 11 is 0. The van der Waals surface area contributed by atoms with Crippen LogP contribution in [-0.4, -0.2) is 56.6 Å². The lowest BCUT2D eigenvalue weighted by atomic mass is 9.66. The van der Waals surface area contributed by atoms with Crippen LogP contribution in [0.2, 0.25) is 0 Å². The van der Waals surface area contributed by atoms with E-state index in [4.69, 9.17) is 9.05 Å². The summed E-state index contributed by atoms with van der Waals surface area (Å²) < 4.78 is 22.5. The number of nitrogens with zero attached hydrogens (tertiary/aromatic N) is 1. The maximum atomic E-state index is 11.9. The van der Waals surface area contributed by atoms with Crippen molar-refractivity contribution in [3.8, 4) is 0 Å². The maximum Gasteiger partial charge on any atom is 0.268 e. The second-order valence-corrected chi connectivity index (χ2v) is 14.8. The number of hydrogen-bond donors (Lipinski definition) is 1. The Kier molecular flexibility index (Phi) is 12.0.